The van der Waals surface area contributed by atoms with E-state index in [0.717, 1.165) is 53.4 Å². The van der Waals surface area contributed by atoms with E-state index in [-0.39, 0.29) is 42.6 Å². The summed E-state index contributed by atoms with van der Waals surface area (Å²) in [6, 6.07) is 3.03. The van der Waals surface area contributed by atoms with E-state index < -0.39 is 44.8 Å². The van der Waals surface area contributed by atoms with Crippen molar-refractivity contribution in [1.29, 1.82) is 0 Å². The molecule has 0 saturated carbocycles. The summed E-state index contributed by atoms with van der Waals surface area (Å²) >= 11 is 0. The van der Waals surface area contributed by atoms with Crippen molar-refractivity contribution in [2.45, 2.75) is 38.8 Å². The number of carbonyl (C=O) groups excluding carboxylic acids is 1. The van der Waals surface area contributed by atoms with Gasteiger partial charge in [-0.25, -0.2) is 18.2 Å². The van der Waals surface area contributed by atoms with Crippen LogP contribution in [0.1, 0.15) is 32.6 Å². The van der Waals surface area contributed by atoms with Gasteiger partial charge in [0, 0.05) is 58.3 Å². The van der Waals surface area contributed by atoms with Crippen molar-refractivity contribution in [2.24, 2.45) is 13.0 Å². The Morgan fingerprint density at radius 1 is 1.14 bits per heavy atom. The molecule has 2 saturated heterocycles. The lowest BCUT2D eigenvalue weighted by molar-refractivity contribution is -0.130. The minimum absolute atomic E-state index is 0.0199. The molecule has 15 heteroatoms. The molecule has 1 amide bonds. The fourth-order valence-corrected chi connectivity index (χ4v) is 6.69. The lowest BCUT2D eigenvalue weighted by atomic mass is 9.93. The fourth-order valence-electron chi connectivity index (χ4n) is 5.42. The number of piperidine rings is 1. The Hall–Kier alpha value is -3.72. The second-order valence-electron chi connectivity index (χ2n) is 10.7. The summed E-state index contributed by atoms with van der Waals surface area (Å²) < 4.78 is 73.4. The predicted molar refractivity (Wildman–Crippen MR) is 152 cm³/mol. The van der Waals surface area contributed by atoms with E-state index in [9.17, 15) is 26.8 Å². The third-order valence-corrected chi connectivity index (χ3v) is 9.37. The number of aryl methyl sites for hydroxylation is 1. The van der Waals surface area contributed by atoms with Crippen molar-refractivity contribution in [3.8, 4) is 11.1 Å². The number of hydrogen-bond donors (Lipinski definition) is 2. The lowest BCUT2D eigenvalue weighted by Gasteiger charge is -2.31. The molecule has 5 rings (SSSR count). The van der Waals surface area contributed by atoms with Gasteiger partial charge in [0.1, 0.15) is 17.6 Å². The predicted octanol–water partition coefficient (Wildman–Crippen LogP) is 3.03. The first-order chi connectivity index (χ1) is 19.9. The maximum Gasteiger partial charge on any atom is 0.301 e. The van der Waals surface area contributed by atoms with Crippen molar-refractivity contribution in [1.82, 2.24) is 23.7 Å². The summed E-state index contributed by atoms with van der Waals surface area (Å²) in [5.74, 6) is -1.51. The number of fused-ring (bicyclic) bond motifs is 1. The Morgan fingerprint density at radius 3 is 2.55 bits per heavy atom. The van der Waals surface area contributed by atoms with E-state index in [0.29, 0.717) is 17.8 Å². The largest absolute Gasteiger partial charge is 0.354 e. The second-order valence-corrected chi connectivity index (χ2v) is 12.4. The minimum atomic E-state index is -4.30. The van der Waals surface area contributed by atoms with Crippen LogP contribution in [0.3, 0.4) is 0 Å². The van der Waals surface area contributed by atoms with Crippen molar-refractivity contribution < 1.29 is 26.4 Å². The van der Waals surface area contributed by atoms with E-state index in [1.807, 2.05) is 9.62 Å². The SMILES string of the molecule is CC(=O)N1CCC(CCNc2ncc3cc(-c4c(F)ccc(NS(=O)(=O)N5CC[C@@H](F)C5)c4F)c(=O)n(C)c3n2)CC1. The van der Waals surface area contributed by atoms with Gasteiger partial charge in [0.25, 0.3) is 5.56 Å². The highest BCUT2D eigenvalue weighted by molar-refractivity contribution is 7.90. The molecule has 2 aliphatic rings. The molecule has 0 bridgehead atoms. The van der Waals surface area contributed by atoms with Gasteiger partial charge in [-0.2, -0.15) is 17.7 Å². The van der Waals surface area contributed by atoms with Crippen LogP contribution >= 0.6 is 0 Å². The number of benzene rings is 1. The van der Waals surface area contributed by atoms with Crippen LogP contribution in [0.5, 0.6) is 0 Å². The Labute approximate surface area is 240 Å². The summed E-state index contributed by atoms with van der Waals surface area (Å²) in [6.07, 6.45) is 2.82. The number of halogens is 3. The molecule has 226 valence electrons. The summed E-state index contributed by atoms with van der Waals surface area (Å²) in [4.78, 5) is 35.3. The zero-order valence-corrected chi connectivity index (χ0v) is 24.1. The molecule has 3 aromatic rings. The topological polar surface area (TPSA) is 130 Å². The zero-order valence-electron chi connectivity index (χ0n) is 23.2. The monoisotopic (exact) mass is 607 g/mol. The van der Waals surface area contributed by atoms with Crippen LogP contribution in [0.25, 0.3) is 22.2 Å². The number of anilines is 2. The molecule has 1 aromatic carbocycles. The van der Waals surface area contributed by atoms with Crippen molar-refractivity contribution in [3.63, 3.8) is 0 Å². The summed E-state index contributed by atoms with van der Waals surface area (Å²) in [5.41, 5.74) is -2.13. The minimum Gasteiger partial charge on any atom is -0.354 e. The molecule has 0 aliphatic carbocycles. The molecular weight excluding hydrogens is 575 g/mol. The maximum atomic E-state index is 15.6. The van der Waals surface area contributed by atoms with Gasteiger partial charge >= 0.3 is 10.2 Å². The number of pyridine rings is 1. The molecule has 42 heavy (non-hydrogen) atoms. The van der Waals surface area contributed by atoms with Gasteiger partial charge in [-0.3, -0.25) is 18.9 Å². The molecule has 2 fully saturated rings. The normalized spacial score (nSPS) is 18.5. The highest BCUT2D eigenvalue weighted by Crippen LogP contribution is 2.31. The van der Waals surface area contributed by atoms with Crippen molar-refractivity contribution in [3.05, 3.63) is 46.4 Å². The molecule has 1 atom stereocenters. The summed E-state index contributed by atoms with van der Waals surface area (Å²) in [5, 5.41) is 3.49. The average molecular weight is 608 g/mol. The van der Waals surface area contributed by atoms with Gasteiger partial charge in [0.15, 0.2) is 5.82 Å². The molecular formula is C27H32F3N7O4S. The van der Waals surface area contributed by atoms with Crippen LogP contribution in [-0.4, -0.2) is 77.0 Å². The van der Waals surface area contributed by atoms with Gasteiger partial charge < -0.3 is 10.2 Å². The number of alkyl halides is 1. The first-order valence-electron chi connectivity index (χ1n) is 13.7. The highest BCUT2D eigenvalue weighted by atomic mass is 32.2. The van der Waals surface area contributed by atoms with Gasteiger partial charge in [-0.1, -0.05) is 0 Å². The Balaban J connectivity index is 1.35. The van der Waals surface area contributed by atoms with Gasteiger partial charge in [-0.15, -0.1) is 0 Å². The number of rotatable bonds is 8. The Kier molecular flexibility index (Phi) is 8.42. The molecule has 2 aliphatic heterocycles. The smallest absolute Gasteiger partial charge is 0.301 e. The van der Waals surface area contributed by atoms with Crippen molar-refractivity contribution in [2.75, 3.05) is 42.8 Å². The van der Waals surface area contributed by atoms with Crippen LogP contribution in [-0.2, 0) is 22.1 Å². The number of hydrogen-bond acceptors (Lipinski definition) is 7. The first kappa shape index (κ1) is 29.8. The van der Waals surface area contributed by atoms with E-state index in [4.69, 9.17) is 0 Å². The molecule has 2 N–H and O–H groups in total. The van der Waals surface area contributed by atoms with Gasteiger partial charge in [0.05, 0.1) is 16.8 Å². The lowest BCUT2D eigenvalue weighted by Crippen LogP contribution is -2.37. The third kappa shape index (κ3) is 6.07. The standard InChI is InChI=1S/C27H32F3N7O4S/c1-16(38)36-10-6-17(7-11-36)5-9-31-27-32-14-18-13-20(26(39)35(2)25(18)33-27)23-21(29)3-4-22(24(23)30)34-42(40,41)37-12-8-19(28)15-37/h3-4,13-14,17,19,34H,5-12,15H2,1-2H3,(H,31,32,33)/t19-/m1/s1. The molecule has 0 unspecified atom stereocenters. The second kappa shape index (κ2) is 11.9. The van der Waals surface area contributed by atoms with Gasteiger partial charge in [-0.05, 0) is 49.8 Å². The molecule has 0 radical (unpaired) electrons. The number of aromatic nitrogens is 3. The zero-order chi connectivity index (χ0) is 30.2. The van der Waals surface area contributed by atoms with E-state index in [1.165, 1.54) is 19.3 Å². The number of likely N-dealkylation sites (tertiary alicyclic amines) is 1. The van der Waals surface area contributed by atoms with Crippen LogP contribution in [0.2, 0.25) is 0 Å². The molecule has 4 heterocycles. The van der Waals surface area contributed by atoms with Gasteiger partial charge in [0.2, 0.25) is 11.9 Å². The van der Waals surface area contributed by atoms with Crippen LogP contribution in [0, 0.1) is 17.6 Å². The highest BCUT2D eigenvalue weighted by Gasteiger charge is 2.32. The van der Waals surface area contributed by atoms with E-state index in [1.54, 1.807) is 6.92 Å². The Morgan fingerprint density at radius 2 is 1.88 bits per heavy atom. The molecule has 11 nitrogen and oxygen atoms in total. The number of carbonyl (C=O) groups is 1. The number of nitrogens with zero attached hydrogens (tertiary/aromatic N) is 5. The van der Waals surface area contributed by atoms with E-state index in [2.05, 4.69) is 15.3 Å². The average Bonchev–Trinajstić information content (AvgIpc) is 3.41. The molecule has 0 spiro atoms. The number of nitrogens with one attached hydrogen (secondary N) is 2. The molecule has 2 aromatic heterocycles. The first-order valence-corrected chi connectivity index (χ1v) is 15.1. The fraction of sp³-hybridized carbons (Fsp3) is 0.481. The van der Waals surface area contributed by atoms with E-state index >= 15 is 4.39 Å². The maximum absolute atomic E-state index is 15.6. The third-order valence-electron chi connectivity index (χ3n) is 7.88. The quantitative estimate of drug-likeness (QED) is 0.403. The van der Waals surface area contributed by atoms with Crippen molar-refractivity contribution >= 4 is 38.8 Å². The summed E-state index contributed by atoms with van der Waals surface area (Å²) in [6.45, 7) is 3.20. The van der Waals surface area contributed by atoms with Crippen LogP contribution in [0.4, 0.5) is 24.8 Å². The Bertz CT molecular complexity index is 1680. The van der Waals surface area contributed by atoms with Crippen LogP contribution < -0.4 is 15.6 Å². The summed E-state index contributed by atoms with van der Waals surface area (Å²) in [7, 11) is -2.89. The number of amides is 1. The van der Waals surface area contributed by atoms with Crippen LogP contribution in [0.15, 0.2) is 29.2 Å².